The number of nitrogen functional groups attached to an aromatic ring is 1. The molecule has 0 aliphatic carbocycles. The third-order valence-electron chi connectivity index (χ3n) is 3.08. The van der Waals surface area contributed by atoms with Crippen LogP contribution in [0.4, 0.5) is 5.69 Å². The molecule has 19 heavy (non-hydrogen) atoms. The Labute approximate surface area is 113 Å². The van der Waals surface area contributed by atoms with Gasteiger partial charge in [0.2, 0.25) is 0 Å². The summed E-state index contributed by atoms with van der Waals surface area (Å²) in [7, 11) is 0. The predicted molar refractivity (Wildman–Crippen MR) is 77.2 cm³/mol. The molecule has 2 rings (SSSR count). The standard InChI is InChI=1S/C16H19NO2/c1-11-7-8-16(12(2)9-11)19-10-15(18)13-5-3-4-6-14(13)17/h3-9,15,18H,10,17H2,1-2H3. The first-order valence-corrected chi connectivity index (χ1v) is 6.30. The summed E-state index contributed by atoms with van der Waals surface area (Å²) < 4.78 is 5.66. The molecule has 0 aliphatic rings. The zero-order valence-corrected chi connectivity index (χ0v) is 11.3. The molecule has 0 fully saturated rings. The minimum Gasteiger partial charge on any atom is -0.490 e. The van der Waals surface area contributed by atoms with Crippen molar-refractivity contribution in [1.29, 1.82) is 0 Å². The Morgan fingerprint density at radius 3 is 2.58 bits per heavy atom. The van der Waals surface area contributed by atoms with E-state index >= 15 is 0 Å². The van der Waals surface area contributed by atoms with Crippen LogP contribution in [0.1, 0.15) is 22.8 Å². The molecule has 0 saturated carbocycles. The van der Waals surface area contributed by atoms with E-state index in [0.29, 0.717) is 11.3 Å². The van der Waals surface area contributed by atoms with Crippen LogP contribution in [0, 0.1) is 13.8 Å². The Morgan fingerprint density at radius 2 is 1.89 bits per heavy atom. The Kier molecular flexibility index (Phi) is 4.07. The van der Waals surface area contributed by atoms with Crippen molar-refractivity contribution in [2.24, 2.45) is 0 Å². The lowest BCUT2D eigenvalue weighted by Gasteiger charge is -2.15. The van der Waals surface area contributed by atoms with Crippen molar-refractivity contribution in [2.75, 3.05) is 12.3 Å². The topological polar surface area (TPSA) is 55.5 Å². The highest BCUT2D eigenvalue weighted by Gasteiger charge is 2.11. The van der Waals surface area contributed by atoms with Crippen molar-refractivity contribution in [3.05, 3.63) is 59.2 Å². The number of ether oxygens (including phenoxy) is 1. The molecule has 0 radical (unpaired) electrons. The van der Waals surface area contributed by atoms with E-state index in [1.54, 1.807) is 6.07 Å². The van der Waals surface area contributed by atoms with Crippen LogP contribution in [0.25, 0.3) is 0 Å². The lowest BCUT2D eigenvalue weighted by molar-refractivity contribution is 0.108. The van der Waals surface area contributed by atoms with Crippen LogP contribution in [0.5, 0.6) is 5.75 Å². The van der Waals surface area contributed by atoms with Crippen molar-refractivity contribution in [3.8, 4) is 5.75 Å². The summed E-state index contributed by atoms with van der Waals surface area (Å²) in [6.45, 7) is 4.22. The van der Waals surface area contributed by atoms with E-state index in [-0.39, 0.29) is 6.61 Å². The van der Waals surface area contributed by atoms with Gasteiger partial charge in [-0.3, -0.25) is 0 Å². The lowest BCUT2D eigenvalue weighted by atomic mass is 10.1. The number of aryl methyl sites for hydroxylation is 2. The highest BCUT2D eigenvalue weighted by atomic mass is 16.5. The molecule has 1 unspecified atom stereocenters. The molecule has 3 nitrogen and oxygen atoms in total. The lowest BCUT2D eigenvalue weighted by Crippen LogP contribution is -2.12. The third-order valence-corrected chi connectivity index (χ3v) is 3.08. The SMILES string of the molecule is Cc1ccc(OCC(O)c2ccccc2N)c(C)c1. The van der Waals surface area contributed by atoms with Gasteiger partial charge in [-0.15, -0.1) is 0 Å². The van der Waals surface area contributed by atoms with Gasteiger partial charge in [0, 0.05) is 11.3 Å². The fraction of sp³-hybridized carbons (Fsp3) is 0.250. The highest BCUT2D eigenvalue weighted by Crippen LogP contribution is 2.23. The zero-order valence-electron chi connectivity index (χ0n) is 11.3. The second-order valence-electron chi connectivity index (χ2n) is 4.72. The van der Waals surface area contributed by atoms with E-state index in [1.807, 2.05) is 44.2 Å². The van der Waals surface area contributed by atoms with E-state index in [0.717, 1.165) is 11.3 Å². The number of nitrogens with two attached hydrogens (primary N) is 1. The van der Waals surface area contributed by atoms with Gasteiger partial charge in [0.1, 0.15) is 18.5 Å². The summed E-state index contributed by atoms with van der Waals surface area (Å²) in [6, 6.07) is 13.2. The zero-order chi connectivity index (χ0) is 13.8. The number of aliphatic hydroxyl groups is 1. The van der Waals surface area contributed by atoms with Crippen molar-refractivity contribution >= 4 is 5.69 Å². The van der Waals surface area contributed by atoms with Gasteiger partial charge >= 0.3 is 0 Å². The van der Waals surface area contributed by atoms with Gasteiger partial charge in [-0.2, -0.15) is 0 Å². The second kappa shape index (κ2) is 5.76. The second-order valence-corrected chi connectivity index (χ2v) is 4.72. The summed E-state index contributed by atoms with van der Waals surface area (Å²) in [5, 5.41) is 10.1. The number of hydrogen-bond acceptors (Lipinski definition) is 3. The minimum absolute atomic E-state index is 0.193. The van der Waals surface area contributed by atoms with Crippen LogP contribution in [-0.4, -0.2) is 11.7 Å². The molecule has 0 heterocycles. The average molecular weight is 257 g/mol. The fourth-order valence-electron chi connectivity index (χ4n) is 2.03. The molecule has 1 atom stereocenters. The maximum absolute atomic E-state index is 10.1. The van der Waals surface area contributed by atoms with Crippen LogP contribution < -0.4 is 10.5 Å². The molecular formula is C16H19NO2. The van der Waals surface area contributed by atoms with E-state index in [1.165, 1.54) is 5.56 Å². The van der Waals surface area contributed by atoms with Crippen molar-refractivity contribution in [1.82, 2.24) is 0 Å². The van der Waals surface area contributed by atoms with E-state index in [9.17, 15) is 5.11 Å². The maximum Gasteiger partial charge on any atom is 0.122 e. The van der Waals surface area contributed by atoms with E-state index in [4.69, 9.17) is 10.5 Å². The summed E-state index contributed by atoms with van der Waals surface area (Å²) in [5.74, 6) is 0.791. The Hall–Kier alpha value is -2.00. The van der Waals surface area contributed by atoms with Crippen LogP contribution in [-0.2, 0) is 0 Å². The molecule has 2 aromatic rings. The summed E-state index contributed by atoms with van der Waals surface area (Å²) in [6.07, 6.45) is -0.720. The van der Waals surface area contributed by atoms with E-state index < -0.39 is 6.10 Å². The predicted octanol–water partition coefficient (Wildman–Crippen LogP) is 3.00. The third kappa shape index (κ3) is 3.26. The first-order chi connectivity index (χ1) is 9.08. The monoisotopic (exact) mass is 257 g/mol. The van der Waals surface area contributed by atoms with Gasteiger partial charge in [-0.05, 0) is 31.5 Å². The number of anilines is 1. The van der Waals surface area contributed by atoms with Gasteiger partial charge in [-0.1, -0.05) is 35.9 Å². The van der Waals surface area contributed by atoms with Gasteiger partial charge < -0.3 is 15.6 Å². The molecule has 0 aliphatic heterocycles. The number of para-hydroxylation sites is 1. The first kappa shape index (κ1) is 13.4. The van der Waals surface area contributed by atoms with Gasteiger partial charge in [-0.25, -0.2) is 0 Å². The molecule has 100 valence electrons. The van der Waals surface area contributed by atoms with E-state index in [2.05, 4.69) is 6.07 Å². The summed E-state index contributed by atoms with van der Waals surface area (Å²) in [4.78, 5) is 0. The molecule has 0 aromatic heterocycles. The largest absolute Gasteiger partial charge is 0.490 e. The Balaban J connectivity index is 2.04. The Bertz CT molecular complexity index is 566. The van der Waals surface area contributed by atoms with Gasteiger partial charge in [0.25, 0.3) is 0 Å². The molecule has 0 bridgehead atoms. The smallest absolute Gasteiger partial charge is 0.122 e. The quantitative estimate of drug-likeness (QED) is 0.828. The van der Waals surface area contributed by atoms with Crippen molar-refractivity contribution in [2.45, 2.75) is 20.0 Å². The highest BCUT2D eigenvalue weighted by molar-refractivity contribution is 5.47. The van der Waals surface area contributed by atoms with Gasteiger partial charge in [0.15, 0.2) is 0 Å². The van der Waals surface area contributed by atoms with Crippen molar-refractivity contribution < 1.29 is 9.84 Å². The number of benzene rings is 2. The number of aliphatic hydroxyl groups excluding tert-OH is 1. The molecule has 0 spiro atoms. The molecule has 2 aromatic carbocycles. The van der Waals surface area contributed by atoms with Crippen molar-refractivity contribution in [3.63, 3.8) is 0 Å². The fourth-order valence-corrected chi connectivity index (χ4v) is 2.03. The average Bonchev–Trinajstić information content (AvgIpc) is 2.38. The van der Waals surface area contributed by atoms with Crippen LogP contribution >= 0.6 is 0 Å². The molecule has 3 heteroatoms. The summed E-state index contributed by atoms with van der Waals surface area (Å²) in [5.41, 5.74) is 9.36. The summed E-state index contributed by atoms with van der Waals surface area (Å²) >= 11 is 0. The Morgan fingerprint density at radius 1 is 1.16 bits per heavy atom. The van der Waals surface area contributed by atoms with Crippen LogP contribution in [0.3, 0.4) is 0 Å². The normalized spacial score (nSPS) is 12.2. The van der Waals surface area contributed by atoms with Crippen LogP contribution in [0.2, 0.25) is 0 Å². The van der Waals surface area contributed by atoms with Crippen LogP contribution in [0.15, 0.2) is 42.5 Å². The minimum atomic E-state index is -0.720. The number of rotatable bonds is 4. The molecule has 0 saturated heterocycles. The molecule has 3 N–H and O–H groups in total. The molecule has 0 amide bonds. The maximum atomic E-state index is 10.1. The molecular weight excluding hydrogens is 238 g/mol. The first-order valence-electron chi connectivity index (χ1n) is 6.30. The number of hydrogen-bond donors (Lipinski definition) is 2. The van der Waals surface area contributed by atoms with Gasteiger partial charge in [0.05, 0.1) is 0 Å².